The van der Waals surface area contributed by atoms with E-state index in [2.05, 4.69) is 44.4 Å². The Labute approximate surface area is 307 Å². The molecule has 0 aliphatic heterocycles. The summed E-state index contributed by atoms with van der Waals surface area (Å²) >= 11 is -2.20. The number of nitrogens with zero attached hydrogens (tertiary/aromatic N) is 3. The Morgan fingerprint density at radius 2 is 1.69 bits per heavy atom. The fourth-order valence-electron chi connectivity index (χ4n) is 5.23. The minimum atomic E-state index is -2.20. The molecule has 0 amide bonds. The average molecular weight is 879 g/mol. The van der Waals surface area contributed by atoms with Gasteiger partial charge in [0.2, 0.25) is 5.71 Å². The molecule has 0 unspecified atom stereocenters. The van der Waals surface area contributed by atoms with Crippen molar-refractivity contribution in [1.29, 1.82) is 0 Å². The van der Waals surface area contributed by atoms with Crippen molar-refractivity contribution in [2.24, 2.45) is 5.92 Å². The molecule has 0 atom stereocenters. The van der Waals surface area contributed by atoms with E-state index in [0.717, 1.165) is 37.6 Å². The molecule has 0 N–H and O–H groups in total. The maximum atomic E-state index is 13.9. The molecule has 7 aromatic rings. The van der Waals surface area contributed by atoms with Crippen LogP contribution in [0, 0.1) is 30.8 Å². The molecule has 4 nitrogen and oxygen atoms in total. The van der Waals surface area contributed by atoms with Gasteiger partial charge >= 0.3 is 128 Å². The largest absolute Gasteiger partial charge is 0.486 e. The van der Waals surface area contributed by atoms with Crippen LogP contribution in [0.25, 0.3) is 55.8 Å². The number of fused-ring (bicyclic) bond motifs is 3. The predicted octanol–water partition coefficient (Wildman–Crippen LogP) is 10.2. The topological polar surface area (TPSA) is 51.8 Å². The van der Waals surface area contributed by atoms with Gasteiger partial charge in [0.15, 0.2) is 0 Å². The summed E-state index contributed by atoms with van der Waals surface area (Å²) in [5.74, 6) is 5.59. The van der Waals surface area contributed by atoms with Crippen LogP contribution in [-0.4, -0.2) is 28.2 Å². The van der Waals surface area contributed by atoms with Crippen molar-refractivity contribution in [3.05, 3.63) is 132 Å². The fraction of sp³-hybridized carbons (Fsp3) is 0.195. The molecule has 7 heteroatoms. The minimum Gasteiger partial charge on any atom is -0.486 e. The van der Waals surface area contributed by atoms with Gasteiger partial charge in [0.1, 0.15) is 5.82 Å². The van der Waals surface area contributed by atoms with Crippen molar-refractivity contribution in [2.75, 3.05) is 0 Å². The van der Waals surface area contributed by atoms with Gasteiger partial charge in [-0.05, 0) is 55.0 Å². The number of benzene rings is 3. The van der Waals surface area contributed by atoms with E-state index < -0.39 is 49.6 Å². The number of pyridine rings is 3. The molecule has 3 aromatic carbocycles. The SMILES string of the molecule is [2H]C([2H])(c1cc(-c2[c-]cccc2)nc[c]1[Ge]([CH3])([CH3])[CH3])C(C)C.[2H]c1c([2H])c(-c2ccc3c(n2)oc2c(-c4cc(C)ccn4)[c-]ccc23)c([2H])c([2H])c1F.[Ir]. The standard InChI is InChI=1S/C23H14FN2O.C18H24GeN.Ir/c1-14-11-12-25-21(13-14)19-4-2-3-17-18-9-10-20(26-23(18)27-22(17)19)15-5-7-16(24)8-6-15;1-14(2)11-16-12-18(15-9-7-6-8-10-15)20-13-17(16)19(3,4)5;/h2-3,5-13H,1H3;6-9,12-14H,11H2,1-5H3;/q2*-1;/i5D,6D,7D,8D;11D2;. The zero-order valence-electron chi connectivity index (χ0n) is 33.5. The monoisotopic (exact) mass is 880 g/mol. The third kappa shape index (κ3) is 8.00. The predicted molar refractivity (Wildman–Crippen MR) is 194 cm³/mol. The second-order valence-corrected chi connectivity index (χ2v) is 23.2. The van der Waals surface area contributed by atoms with E-state index in [-0.39, 0.29) is 43.0 Å². The van der Waals surface area contributed by atoms with Crippen LogP contribution < -0.4 is 4.40 Å². The first kappa shape index (κ1) is 27.9. The molecular weight excluding hydrogens is 834 g/mol. The summed E-state index contributed by atoms with van der Waals surface area (Å²) in [5.41, 5.74) is 5.89. The molecule has 0 spiro atoms. The molecule has 4 heterocycles. The maximum absolute atomic E-state index is 13.9. The van der Waals surface area contributed by atoms with E-state index in [0.29, 0.717) is 16.8 Å². The molecule has 1 radical (unpaired) electrons. The van der Waals surface area contributed by atoms with Gasteiger partial charge in [-0.25, -0.2) is 9.37 Å². The molecule has 0 bridgehead atoms. The second-order valence-electron chi connectivity index (χ2n) is 12.6. The number of halogens is 1. The summed E-state index contributed by atoms with van der Waals surface area (Å²) in [6, 6.07) is 24.4. The number of furan rings is 1. The first-order chi connectivity index (χ1) is 25.0. The van der Waals surface area contributed by atoms with Gasteiger partial charge in [-0.1, -0.05) is 22.6 Å². The summed E-state index contributed by atoms with van der Waals surface area (Å²) in [4.78, 5) is 13.4. The van der Waals surface area contributed by atoms with Crippen LogP contribution >= 0.6 is 0 Å². The molecule has 0 saturated carbocycles. The number of hydrogen-bond acceptors (Lipinski definition) is 4. The van der Waals surface area contributed by atoms with Crippen molar-refractivity contribution in [2.45, 2.75) is 44.4 Å². The Morgan fingerprint density at radius 1 is 0.896 bits per heavy atom. The van der Waals surface area contributed by atoms with E-state index in [1.54, 1.807) is 24.4 Å². The molecule has 0 saturated heterocycles. The Kier molecular flexibility index (Phi) is 8.77. The quantitative estimate of drug-likeness (QED) is 0.123. The minimum absolute atomic E-state index is 0. The summed E-state index contributed by atoms with van der Waals surface area (Å²) in [5, 5.41) is 1.53. The van der Waals surface area contributed by atoms with Crippen LogP contribution in [0.3, 0.4) is 0 Å². The number of rotatable bonds is 6. The molecule has 7 rings (SSSR count). The van der Waals surface area contributed by atoms with Crippen LogP contribution in [0.2, 0.25) is 17.3 Å². The van der Waals surface area contributed by atoms with Crippen molar-refractivity contribution < 1.29 is 37.1 Å². The number of aryl methyl sites for hydroxylation is 1. The molecule has 0 fully saturated rings. The zero-order chi connectivity index (χ0) is 38.4. The summed E-state index contributed by atoms with van der Waals surface area (Å²) < 4.78 is 69.8. The van der Waals surface area contributed by atoms with E-state index in [9.17, 15) is 4.39 Å². The first-order valence-corrected chi connectivity index (χ1v) is 22.8. The second kappa shape index (κ2) is 15.1. The van der Waals surface area contributed by atoms with Gasteiger partial charge < -0.3 is 9.40 Å². The van der Waals surface area contributed by atoms with E-state index >= 15 is 0 Å². The summed E-state index contributed by atoms with van der Waals surface area (Å²) in [7, 11) is 0. The molecule has 245 valence electrons. The van der Waals surface area contributed by atoms with Crippen molar-refractivity contribution in [3.63, 3.8) is 0 Å². The molecule has 4 aromatic heterocycles. The van der Waals surface area contributed by atoms with Gasteiger partial charge in [0, 0.05) is 37.3 Å². The van der Waals surface area contributed by atoms with Crippen molar-refractivity contribution in [3.8, 4) is 33.8 Å². The van der Waals surface area contributed by atoms with E-state index in [4.69, 9.17) is 12.6 Å². The van der Waals surface area contributed by atoms with Crippen LogP contribution in [0.5, 0.6) is 0 Å². The van der Waals surface area contributed by atoms with E-state index in [1.807, 2.05) is 75.5 Å². The van der Waals surface area contributed by atoms with Crippen LogP contribution in [0.1, 0.15) is 33.2 Å². The van der Waals surface area contributed by atoms with Gasteiger partial charge in [-0.15, -0.1) is 18.2 Å². The summed E-state index contributed by atoms with van der Waals surface area (Å²) in [6.07, 6.45) is 2.28. The summed E-state index contributed by atoms with van der Waals surface area (Å²) in [6.45, 7) is 5.85. The first-order valence-electron chi connectivity index (χ1n) is 18.4. The molecule has 48 heavy (non-hydrogen) atoms. The van der Waals surface area contributed by atoms with Crippen molar-refractivity contribution in [1.82, 2.24) is 15.0 Å². The van der Waals surface area contributed by atoms with Crippen LogP contribution in [0.4, 0.5) is 4.39 Å². The molecule has 0 aliphatic carbocycles. The third-order valence-electron chi connectivity index (χ3n) is 7.46. The third-order valence-corrected chi connectivity index (χ3v) is 11.7. The normalized spacial score (nSPS) is 13.4. The maximum Gasteiger partial charge on any atom is 0.216 e. The fourth-order valence-corrected chi connectivity index (χ4v) is 8.18. The molecular formula is C41H38FGeIrN3O-2. The molecule has 0 aliphatic rings. The van der Waals surface area contributed by atoms with Crippen LogP contribution in [-0.2, 0) is 26.5 Å². The van der Waals surface area contributed by atoms with Gasteiger partial charge in [0.25, 0.3) is 0 Å². The zero-order valence-corrected chi connectivity index (χ0v) is 32.0. The van der Waals surface area contributed by atoms with Gasteiger partial charge in [0.05, 0.1) is 16.8 Å². The Hall–Kier alpha value is -3.97. The van der Waals surface area contributed by atoms with E-state index in [1.165, 1.54) is 0 Å². The average Bonchev–Trinajstić information content (AvgIpc) is 3.51. The number of hydrogen-bond donors (Lipinski definition) is 0. The Balaban J connectivity index is 0.000000217. The Morgan fingerprint density at radius 3 is 2.38 bits per heavy atom. The van der Waals surface area contributed by atoms with Gasteiger partial charge in [-0.3, -0.25) is 0 Å². The smallest absolute Gasteiger partial charge is 0.216 e. The van der Waals surface area contributed by atoms with Gasteiger partial charge in [-0.2, -0.15) is 0 Å². The van der Waals surface area contributed by atoms with Crippen molar-refractivity contribution >= 4 is 39.7 Å². The van der Waals surface area contributed by atoms with Crippen LogP contribution in [0.15, 0.2) is 108 Å². The Bertz CT molecular complexity index is 2460. The number of aromatic nitrogens is 3.